The van der Waals surface area contributed by atoms with E-state index < -0.39 is 0 Å². The van der Waals surface area contributed by atoms with Crippen molar-refractivity contribution in [3.05, 3.63) is 65.4 Å². The molecular weight excluding hydrogens is 284 g/mol. The molecule has 1 aliphatic rings. The van der Waals surface area contributed by atoms with Crippen LogP contribution in [0.4, 0.5) is 0 Å². The van der Waals surface area contributed by atoms with Crippen LogP contribution in [-0.4, -0.2) is 30.2 Å². The number of ether oxygens (including phenoxy) is 1. The Morgan fingerprint density at radius 2 is 1.91 bits per heavy atom. The summed E-state index contributed by atoms with van der Waals surface area (Å²) in [5.41, 5.74) is 5.59. The molecule has 0 spiro atoms. The Morgan fingerprint density at radius 1 is 1.09 bits per heavy atom. The number of hydrogen-bond acceptors (Lipinski definition) is 2. The molecule has 0 fully saturated rings. The molecule has 23 heavy (non-hydrogen) atoms. The van der Waals surface area contributed by atoms with Gasteiger partial charge in [-0.3, -0.25) is 0 Å². The molecule has 0 bridgehead atoms. The minimum absolute atomic E-state index is 0.920. The molecule has 118 valence electrons. The second-order valence-electron chi connectivity index (χ2n) is 6.37. The van der Waals surface area contributed by atoms with Crippen LogP contribution in [0.2, 0.25) is 0 Å². The summed E-state index contributed by atoms with van der Waals surface area (Å²) in [6.07, 6.45) is 1.11. The number of benzene rings is 2. The van der Waals surface area contributed by atoms with E-state index in [0.717, 1.165) is 31.8 Å². The van der Waals surface area contributed by atoms with Crippen LogP contribution in [0.25, 0.3) is 10.9 Å². The summed E-state index contributed by atoms with van der Waals surface area (Å²) < 4.78 is 7.94. The van der Waals surface area contributed by atoms with Crippen LogP contribution < -0.4 is 4.74 Å². The Morgan fingerprint density at radius 3 is 2.70 bits per heavy atom. The van der Waals surface area contributed by atoms with Crippen molar-refractivity contribution in [3.8, 4) is 5.75 Å². The fourth-order valence-electron chi connectivity index (χ4n) is 3.64. The molecule has 0 radical (unpaired) electrons. The Labute approximate surface area is 137 Å². The van der Waals surface area contributed by atoms with Crippen LogP contribution in [0.1, 0.15) is 16.8 Å². The Balaban J connectivity index is 1.90. The maximum atomic E-state index is 5.46. The highest BCUT2D eigenvalue weighted by molar-refractivity contribution is 5.87. The summed E-state index contributed by atoms with van der Waals surface area (Å²) in [6.45, 7) is 3.07. The zero-order valence-corrected chi connectivity index (χ0v) is 13.7. The molecule has 0 saturated heterocycles. The molecule has 3 nitrogen and oxygen atoms in total. The summed E-state index contributed by atoms with van der Waals surface area (Å²) >= 11 is 0. The summed E-state index contributed by atoms with van der Waals surface area (Å²) in [7, 11) is 3.94. The molecule has 0 aliphatic carbocycles. The lowest BCUT2D eigenvalue weighted by atomic mass is 10.0. The van der Waals surface area contributed by atoms with E-state index in [-0.39, 0.29) is 0 Å². The van der Waals surface area contributed by atoms with Gasteiger partial charge in [-0.05, 0) is 30.3 Å². The molecule has 2 aromatic carbocycles. The van der Waals surface area contributed by atoms with Crippen molar-refractivity contribution in [2.75, 3.05) is 20.7 Å². The van der Waals surface area contributed by atoms with E-state index >= 15 is 0 Å². The summed E-state index contributed by atoms with van der Waals surface area (Å²) in [5.74, 6) is 0.926. The van der Waals surface area contributed by atoms with Crippen molar-refractivity contribution in [1.29, 1.82) is 0 Å². The molecule has 4 rings (SSSR count). The summed E-state index contributed by atoms with van der Waals surface area (Å²) in [4.78, 5) is 2.40. The van der Waals surface area contributed by atoms with Gasteiger partial charge in [0, 0.05) is 43.2 Å². The Bertz CT molecular complexity index is 836. The zero-order chi connectivity index (χ0) is 15.8. The highest BCUT2D eigenvalue weighted by Gasteiger charge is 2.22. The largest absolute Gasteiger partial charge is 0.497 e. The Kier molecular flexibility index (Phi) is 3.58. The molecule has 0 atom stereocenters. The van der Waals surface area contributed by atoms with Crippen molar-refractivity contribution < 1.29 is 4.74 Å². The normalized spacial score (nSPS) is 14.9. The highest BCUT2D eigenvalue weighted by atomic mass is 16.5. The monoisotopic (exact) mass is 306 g/mol. The van der Waals surface area contributed by atoms with Crippen molar-refractivity contribution in [2.24, 2.45) is 0 Å². The van der Waals surface area contributed by atoms with Crippen LogP contribution in [0.5, 0.6) is 5.75 Å². The number of rotatable bonds is 3. The molecule has 0 saturated carbocycles. The van der Waals surface area contributed by atoms with Gasteiger partial charge >= 0.3 is 0 Å². The third-order valence-corrected chi connectivity index (χ3v) is 4.84. The average Bonchev–Trinajstić information content (AvgIpc) is 2.88. The topological polar surface area (TPSA) is 17.4 Å². The number of fused-ring (bicyclic) bond motifs is 3. The lowest BCUT2D eigenvalue weighted by Gasteiger charge is -2.24. The first-order valence-electron chi connectivity index (χ1n) is 8.16. The number of hydrogen-bond donors (Lipinski definition) is 0. The lowest BCUT2D eigenvalue weighted by Crippen LogP contribution is -2.27. The molecule has 3 heteroatoms. The predicted octanol–water partition coefficient (Wildman–Crippen LogP) is 3.69. The van der Waals surface area contributed by atoms with Crippen molar-refractivity contribution in [1.82, 2.24) is 9.47 Å². The number of likely N-dealkylation sites (N-methyl/N-ethyl adjacent to an activating group) is 1. The van der Waals surface area contributed by atoms with Gasteiger partial charge in [0.15, 0.2) is 0 Å². The smallest absolute Gasteiger partial charge is 0.120 e. The van der Waals surface area contributed by atoms with Gasteiger partial charge in [-0.25, -0.2) is 0 Å². The molecular formula is C20H22N2O. The molecule has 1 aromatic heterocycles. The van der Waals surface area contributed by atoms with Crippen LogP contribution in [0, 0.1) is 0 Å². The minimum Gasteiger partial charge on any atom is -0.497 e. The Hall–Kier alpha value is -2.26. The van der Waals surface area contributed by atoms with Crippen molar-refractivity contribution in [3.63, 3.8) is 0 Å². The summed E-state index contributed by atoms with van der Waals surface area (Å²) in [5, 5.41) is 1.36. The van der Waals surface area contributed by atoms with Crippen LogP contribution >= 0.6 is 0 Å². The van der Waals surface area contributed by atoms with E-state index in [9.17, 15) is 0 Å². The van der Waals surface area contributed by atoms with Gasteiger partial charge in [-0.15, -0.1) is 0 Å². The first kappa shape index (κ1) is 14.3. The van der Waals surface area contributed by atoms with Crippen molar-refractivity contribution in [2.45, 2.75) is 19.5 Å². The van der Waals surface area contributed by atoms with E-state index in [1.165, 1.54) is 27.7 Å². The van der Waals surface area contributed by atoms with E-state index in [1.54, 1.807) is 7.11 Å². The third kappa shape index (κ3) is 2.51. The van der Waals surface area contributed by atoms with Gasteiger partial charge in [0.05, 0.1) is 12.6 Å². The fraction of sp³-hybridized carbons (Fsp3) is 0.300. The number of nitrogens with zero attached hydrogens (tertiary/aromatic N) is 2. The second-order valence-corrected chi connectivity index (χ2v) is 6.37. The van der Waals surface area contributed by atoms with E-state index in [2.05, 4.69) is 65.0 Å². The first-order valence-corrected chi connectivity index (χ1v) is 8.16. The number of methoxy groups -OCH3 is 1. The van der Waals surface area contributed by atoms with Crippen molar-refractivity contribution >= 4 is 10.9 Å². The van der Waals surface area contributed by atoms with Gasteiger partial charge < -0.3 is 14.2 Å². The van der Waals surface area contributed by atoms with Crippen LogP contribution in [-0.2, 0) is 19.5 Å². The fourth-order valence-corrected chi connectivity index (χ4v) is 3.64. The zero-order valence-electron chi connectivity index (χ0n) is 13.7. The summed E-state index contributed by atoms with van der Waals surface area (Å²) in [6, 6.07) is 17.2. The first-order chi connectivity index (χ1) is 11.3. The van der Waals surface area contributed by atoms with Gasteiger partial charge in [0.1, 0.15) is 5.75 Å². The van der Waals surface area contributed by atoms with E-state index in [4.69, 9.17) is 4.74 Å². The maximum Gasteiger partial charge on any atom is 0.120 e. The molecule has 0 unspecified atom stereocenters. The molecule has 0 amide bonds. The molecule has 2 heterocycles. The molecule has 3 aromatic rings. The highest BCUT2D eigenvalue weighted by Crippen LogP contribution is 2.33. The van der Waals surface area contributed by atoms with Crippen LogP contribution in [0.3, 0.4) is 0 Å². The number of aromatic nitrogens is 1. The predicted molar refractivity (Wildman–Crippen MR) is 94.1 cm³/mol. The minimum atomic E-state index is 0.920. The molecule has 0 N–H and O–H groups in total. The lowest BCUT2D eigenvalue weighted by molar-refractivity contribution is 0.310. The molecule has 1 aliphatic heterocycles. The van der Waals surface area contributed by atoms with E-state index in [0.29, 0.717) is 0 Å². The SMILES string of the molecule is COc1ccc2c3c(n(Cc4ccccc4)c2c1)CCN(C)C3. The van der Waals surface area contributed by atoms with E-state index in [1.807, 2.05) is 0 Å². The third-order valence-electron chi connectivity index (χ3n) is 4.84. The van der Waals surface area contributed by atoms with Gasteiger partial charge in [-0.1, -0.05) is 30.3 Å². The standard InChI is InChI=1S/C20H22N2O/c1-21-11-10-19-18(14-21)17-9-8-16(23-2)12-20(17)22(19)13-15-6-4-3-5-7-15/h3-9,12H,10-11,13-14H2,1-2H3. The van der Waals surface area contributed by atoms with Gasteiger partial charge in [0.2, 0.25) is 0 Å². The quantitative estimate of drug-likeness (QED) is 0.734. The maximum absolute atomic E-state index is 5.46. The second kappa shape index (κ2) is 5.74. The van der Waals surface area contributed by atoms with Gasteiger partial charge in [-0.2, -0.15) is 0 Å². The van der Waals surface area contributed by atoms with Gasteiger partial charge in [0.25, 0.3) is 0 Å². The van der Waals surface area contributed by atoms with Crippen LogP contribution in [0.15, 0.2) is 48.5 Å². The average molecular weight is 306 g/mol.